The number of hydrogen-bond donors (Lipinski definition) is 1. The first-order valence-electron chi connectivity index (χ1n) is 7.98. The Morgan fingerprint density at radius 2 is 1.89 bits per heavy atom. The number of hydrogen-bond acceptors (Lipinski definition) is 3. The number of nitrogens with zero attached hydrogens (tertiary/aromatic N) is 2. The van der Waals surface area contributed by atoms with E-state index in [-0.39, 0.29) is 11.1 Å². The van der Waals surface area contributed by atoms with Crippen molar-refractivity contribution >= 4 is 0 Å². The summed E-state index contributed by atoms with van der Waals surface area (Å²) in [5.74, 6) is 1.59. The van der Waals surface area contributed by atoms with Crippen LogP contribution in [0, 0.1) is 11.8 Å². The molecule has 3 nitrogen and oxygen atoms in total. The van der Waals surface area contributed by atoms with Crippen LogP contribution in [0.2, 0.25) is 0 Å². The summed E-state index contributed by atoms with van der Waals surface area (Å²) < 4.78 is 0. The van der Waals surface area contributed by atoms with E-state index in [1.54, 1.807) is 0 Å². The molecule has 0 aromatic rings. The molecule has 1 saturated carbocycles. The molecule has 0 aromatic carbocycles. The maximum Gasteiger partial charge on any atom is 0.0358 e. The Morgan fingerprint density at radius 3 is 2.42 bits per heavy atom. The largest absolute Gasteiger partial charge is 0.329 e. The summed E-state index contributed by atoms with van der Waals surface area (Å²) in [6.45, 7) is 13.9. The predicted molar refractivity (Wildman–Crippen MR) is 82.2 cm³/mol. The standard InChI is InChI=1S/C16H33N3/c1-13-6-7-16(11-17,14(2)10-13)19-9-8-18(5)15(3,4)12-19/h13-14H,6-12,17H2,1-5H3. The Labute approximate surface area is 119 Å². The zero-order valence-corrected chi connectivity index (χ0v) is 13.6. The summed E-state index contributed by atoms with van der Waals surface area (Å²) in [6, 6.07) is 0. The van der Waals surface area contributed by atoms with Crippen molar-refractivity contribution in [1.82, 2.24) is 9.80 Å². The summed E-state index contributed by atoms with van der Waals surface area (Å²) in [6.07, 6.45) is 3.96. The predicted octanol–water partition coefficient (Wildman–Crippen LogP) is 2.17. The van der Waals surface area contributed by atoms with E-state index in [1.165, 1.54) is 25.8 Å². The Kier molecular flexibility index (Phi) is 4.29. The maximum absolute atomic E-state index is 6.27. The van der Waals surface area contributed by atoms with Gasteiger partial charge in [-0.25, -0.2) is 0 Å². The molecule has 0 bridgehead atoms. The zero-order valence-electron chi connectivity index (χ0n) is 13.6. The van der Waals surface area contributed by atoms with Crippen LogP contribution in [0.25, 0.3) is 0 Å². The van der Waals surface area contributed by atoms with Gasteiger partial charge in [0.1, 0.15) is 0 Å². The van der Waals surface area contributed by atoms with Gasteiger partial charge in [-0.05, 0) is 52.0 Å². The molecule has 1 aliphatic heterocycles. The van der Waals surface area contributed by atoms with Crippen LogP contribution < -0.4 is 5.73 Å². The van der Waals surface area contributed by atoms with E-state index in [9.17, 15) is 0 Å². The minimum absolute atomic E-state index is 0.255. The highest BCUT2D eigenvalue weighted by Crippen LogP contribution is 2.41. The third-order valence-electron chi connectivity index (χ3n) is 6.04. The van der Waals surface area contributed by atoms with Crippen molar-refractivity contribution in [2.45, 2.75) is 58.0 Å². The Hall–Kier alpha value is -0.120. The van der Waals surface area contributed by atoms with Crippen LogP contribution in [0.15, 0.2) is 0 Å². The van der Waals surface area contributed by atoms with Crippen LogP contribution in [0.3, 0.4) is 0 Å². The number of likely N-dealkylation sites (N-methyl/N-ethyl adjacent to an activating group) is 1. The molecule has 2 aliphatic rings. The van der Waals surface area contributed by atoms with Crippen LogP contribution in [-0.4, -0.2) is 54.1 Å². The molecule has 112 valence electrons. The third-order valence-corrected chi connectivity index (χ3v) is 6.04. The smallest absolute Gasteiger partial charge is 0.0358 e. The van der Waals surface area contributed by atoms with E-state index in [4.69, 9.17) is 5.73 Å². The van der Waals surface area contributed by atoms with Gasteiger partial charge in [0.15, 0.2) is 0 Å². The highest BCUT2D eigenvalue weighted by atomic mass is 15.3. The Bertz CT molecular complexity index is 315. The van der Waals surface area contributed by atoms with Gasteiger partial charge < -0.3 is 5.73 Å². The molecule has 2 rings (SSSR count). The minimum atomic E-state index is 0.255. The van der Waals surface area contributed by atoms with Gasteiger partial charge in [0, 0.05) is 37.3 Å². The average Bonchev–Trinajstić information content (AvgIpc) is 2.34. The van der Waals surface area contributed by atoms with Crippen molar-refractivity contribution in [3.63, 3.8) is 0 Å². The molecule has 1 heterocycles. The topological polar surface area (TPSA) is 32.5 Å². The van der Waals surface area contributed by atoms with Crippen molar-refractivity contribution in [3.05, 3.63) is 0 Å². The van der Waals surface area contributed by atoms with Crippen LogP contribution in [-0.2, 0) is 0 Å². The van der Waals surface area contributed by atoms with Crippen molar-refractivity contribution < 1.29 is 0 Å². The number of rotatable bonds is 2. The SMILES string of the molecule is CC1CCC(CN)(N2CCN(C)C(C)(C)C2)C(C)C1. The van der Waals surface area contributed by atoms with Crippen LogP contribution in [0.4, 0.5) is 0 Å². The maximum atomic E-state index is 6.27. The molecule has 3 atom stereocenters. The molecular weight excluding hydrogens is 234 g/mol. The van der Waals surface area contributed by atoms with Crippen molar-refractivity contribution in [2.75, 3.05) is 33.2 Å². The lowest BCUT2D eigenvalue weighted by Crippen LogP contribution is -2.68. The first kappa shape index (κ1) is 15.3. The minimum Gasteiger partial charge on any atom is -0.329 e. The van der Waals surface area contributed by atoms with Gasteiger partial charge in [0.2, 0.25) is 0 Å². The highest BCUT2D eigenvalue weighted by molar-refractivity contribution is 5.03. The summed E-state index contributed by atoms with van der Waals surface area (Å²) in [5.41, 5.74) is 6.79. The fourth-order valence-corrected chi connectivity index (χ4v) is 4.21. The zero-order chi connectivity index (χ0) is 14.3. The summed E-state index contributed by atoms with van der Waals surface area (Å²) >= 11 is 0. The van der Waals surface area contributed by atoms with E-state index in [0.29, 0.717) is 0 Å². The normalized spacial score (nSPS) is 41.4. The molecule has 2 N–H and O–H groups in total. The van der Waals surface area contributed by atoms with Gasteiger partial charge in [-0.1, -0.05) is 13.8 Å². The lowest BCUT2D eigenvalue weighted by molar-refractivity contribution is -0.0645. The van der Waals surface area contributed by atoms with Crippen LogP contribution in [0.5, 0.6) is 0 Å². The summed E-state index contributed by atoms with van der Waals surface area (Å²) in [5, 5.41) is 0. The summed E-state index contributed by atoms with van der Waals surface area (Å²) in [7, 11) is 2.25. The molecule has 0 spiro atoms. The fraction of sp³-hybridized carbons (Fsp3) is 1.00. The molecule has 19 heavy (non-hydrogen) atoms. The lowest BCUT2D eigenvalue weighted by Gasteiger charge is -2.57. The first-order valence-corrected chi connectivity index (χ1v) is 7.98. The lowest BCUT2D eigenvalue weighted by atomic mass is 9.68. The second-order valence-corrected chi connectivity index (χ2v) is 7.74. The highest BCUT2D eigenvalue weighted by Gasteiger charge is 2.47. The van der Waals surface area contributed by atoms with Gasteiger partial charge in [-0.2, -0.15) is 0 Å². The number of piperazine rings is 1. The van der Waals surface area contributed by atoms with Crippen molar-refractivity contribution in [1.29, 1.82) is 0 Å². The fourth-order valence-electron chi connectivity index (χ4n) is 4.21. The van der Waals surface area contributed by atoms with Gasteiger partial charge >= 0.3 is 0 Å². The molecule has 0 radical (unpaired) electrons. The molecular formula is C16H33N3. The van der Waals surface area contributed by atoms with Crippen molar-refractivity contribution in [3.8, 4) is 0 Å². The van der Waals surface area contributed by atoms with Gasteiger partial charge in [0.25, 0.3) is 0 Å². The monoisotopic (exact) mass is 267 g/mol. The molecule has 0 aromatic heterocycles. The number of nitrogens with two attached hydrogens (primary N) is 1. The van der Waals surface area contributed by atoms with E-state index in [2.05, 4.69) is 44.5 Å². The second-order valence-electron chi connectivity index (χ2n) is 7.74. The molecule has 3 heteroatoms. The third kappa shape index (κ3) is 2.70. The summed E-state index contributed by atoms with van der Waals surface area (Å²) in [4.78, 5) is 5.22. The van der Waals surface area contributed by atoms with E-state index in [0.717, 1.165) is 31.5 Å². The Morgan fingerprint density at radius 1 is 1.21 bits per heavy atom. The van der Waals surface area contributed by atoms with Crippen LogP contribution in [0.1, 0.15) is 47.0 Å². The van der Waals surface area contributed by atoms with Crippen LogP contribution >= 0.6 is 0 Å². The molecule has 0 amide bonds. The second kappa shape index (κ2) is 5.34. The van der Waals surface area contributed by atoms with E-state index < -0.39 is 0 Å². The first-order chi connectivity index (χ1) is 8.82. The van der Waals surface area contributed by atoms with E-state index >= 15 is 0 Å². The molecule has 3 unspecified atom stereocenters. The average molecular weight is 267 g/mol. The van der Waals surface area contributed by atoms with E-state index in [1.807, 2.05) is 0 Å². The molecule has 2 fully saturated rings. The Balaban J connectivity index is 2.18. The van der Waals surface area contributed by atoms with Crippen molar-refractivity contribution in [2.24, 2.45) is 17.6 Å². The van der Waals surface area contributed by atoms with Gasteiger partial charge in [-0.15, -0.1) is 0 Å². The molecule has 1 aliphatic carbocycles. The van der Waals surface area contributed by atoms with Gasteiger partial charge in [-0.3, -0.25) is 9.80 Å². The molecule has 1 saturated heterocycles. The quantitative estimate of drug-likeness (QED) is 0.832. The van der Waals surface area contributed by atoms with Gasteiger partial charge in [0.05, 0.1) is 0 Å².